The molecule has 1 saturated carbocycles. The third-order valence-corrected chi connectivity index (χ3v) is 7.49. The lowest BCUT2D eigenvalue weighted by atomic mass is 9.96. The van der Waals surface area contributed by atoms with Gasteiger partial charge in [-0.25, -0.2) is 19.4 Å². The highest BCUT2D eigenvalue weighted by molar-refractivity contribution is 6.30. The normalized spacial score (nSPS) is 17.2. The van der Waals surface area contributed by atoms with Crippen molar-refractivity contribution in [2.45, 2.75) is 64.8 Å². The molecular weight excluding hydrogens is 474 g/mol. The quantitative estimate of drug-likeness (QED) is 0.492. The molecule has 3 heterocycles. The predicted molar refractivity (Wildman–Crippen MR) is 144 cm³/mol. The number of halogens is 1. The summed E-state index contributed by atoms with van der Waals surface area (Å²) >= 11 is 6.26. The molecule has 0 unspecified atom stereocenters. The maximum Gasteiger partial charge on any atom is 0.317 e. The van der Waals surface area contributed by atoms with Gasteiger partial charge in [0.25, 0.3) is 0 Å². The van der Waals surface area contributed by atoms with Crippen LogP contribution in [0, 0.1) is 5.92 Å². The summed E-state index contributed by atoms with van der Waals surface area (Å²) in [7, 11) is 0. The second kappa shape index (κ2) is 11.0. The second-order valence-corrected chi connectivity index (χ2v) is 10.9. The Bertz CT molecular complexity index is 1200. The van der Waals surface area contributed by atoms with Crippen LogP contribution in [0.15, 0.2) is 30.5 Å². The summed E-state index contributed by atoms with van der Waals surface area (Å²) in [6.45, 7) is 7.24. The third kappa shape index (κ3) is 5.59. The fourth-order valence-corrected chi connectivity index (χ4v) is 5.32. The van der Waals surface area contributed by atoms with Crippen molar-refractivity contribution in [3.63, 3.8) is 0 Å². The van der Waals surface area contributed by atoms with Crippen LogP contribution in [0.4, 0.5) is 10.6 Å². The van der Waals surface area contributed by atoms with E-state index in [4.69, 9.17) is 21.6 Å². The minimum absolute atomic E-state index is 0.0702. The fourth-order valence-electron chi connectivity index (χ4n) is 5.14. The molecule has 0 bridgehead atoms. The molecule has 2 aliphatic rings. The van der Waals surface area contributed by atoms with Gasteiger partial charge in [-0.15, -0.1) is 0 Å². The number of rotatable bonds is 6. The van der Waals surface area contributed by atoms with Crippen LogP contribution in [-0.2, 0) is 6.42 Å². The molecule has 0 radical (unpaired) electrons. The highest BCUT2D eigenvalue weighted by atomic mass is 35.5. The van der Waals surface area contributed by atoms with E-state index in [2.05, 4.69) is 29.2 Å². The Kier molecular flexibility index (Phi) is 7.60. The van der Waals surface area contributed by atoms with Crippen molar-refractivity contribution in [2.24, 2.45) is 5.92 Å². The van der Waals surface area contributed by atoms with Crippen molar-refractivity contribution >= 4 is 34.5 Å². The van der Waals surface area contributed by atoms with Crippen LogP contribution in [-0.4, -0.2) is 62.9 Å². The van der Waals surface area contributed by atoms with Gasteiger partial charge in [-0.05, 0) is 43.4 Å². The van der Waals surface area contributed by atoms with E-state index in [0.717, 1.165) is 67.1 Å². The van der Waals surface area contributed by atoms with Gasteiger partial charge in [0.05, 0.1) is 17.3 Å². The van der Waals surface area contributed by atoms with Gasteiger partial charge in [-0.2, -0.15) is 5.10 Å². The van der Waals surface area contributed by atoms with Gasteiger partial charge in [0.2, 0.25) is 0 Å². The van der Waals surface area contributed by atoms with E-state index in [-0.39, 0.29) is 6.03 Å². The molecular formula is C27H36ClN7O. The number of hydrogen-bond acceptors (Lipinski definition) is 5. The number of nitrogens with zero attached hydrogens (tertiary/aromatic N) is 6. The molecule has 2 amide bonds. The van der Waals surface area contributed by atoms with E-state index >= 15 is 0 Å². The molecule has 3 aromatic rings. The number of piperazine rings is 1. The molecule has 1 aliphatic heterocycles. The summed E-state index contributed by atoms with van der Waals surface area (Å²) < 4.78 is 1.85. The standard InChI is InChI=1S/C27H36ClN7O/c1-19(2)11-12-24-31-25(23-18-29-35(26(23)32-24)22-10-6-7-20(28)17-22)33-13-15-34(16-14-33)27(36)30-21-8-4-3-5-9-21/h6-7,10,17-19,21H,3-5,8-9,11-16H2,1-2H3,(H,30,36). The number of carbonyl (C=O) groups is 1. The molecule has 1 N–H and O–H groups in total. The van der Waals surface area contributed by atoms with Crippen LogP contribution in [0.5, 0.6) is 0 Å². The number of nitrogens with one attached hydrogen (secondary N) is 1. The zero-order chi connectivity index (χ0) is 25.1. The molecule has 192 valence electrons. The minimum Gasteiger partial charge on any atom is -0.352 e. The Morgan fingerprint density at radius 2 is 1.89 bits per heavy atom. The lowest BCUT2D eigenvalue weighted by Gasteiger charge is -2.36. The second-order valence-electron chi connectivity index (χ2n) is 10.4. The maximum atomic E-state index is 12.9. The van der Waals surface area contributed by atoms with Crippen molar-refractivity contribution in [1.29, 1.82) is 0 Å². The van der Waals surface area contributed by atoms with Crippen molar-refractivity contribution in [3.8, 4) is 5.69 Å². The maximum absolute atomic E-state index is 12.9. The van der Waals surface area contributed by atoms with Gasteiger partial charge >= 0.3 is 6.03 Å². The van der Waals surface area contributed by atoms with Gasteiger partial charge in [-0.3, -0.25) is 0 Å². The average molecular weight is 510 g/mol. The van der Waals surface area contributed by atoms with E-state index in [1.165, 1.54) is 19.3 Å². The molecule has 0 atom stereocenters. The van der Waals surface area contributed by atoms with Crippen LogP contribution < -0.4 is 10.2 Å². The molecule has 1 saturated heterocycles. The van der Waals surface area contributed by atoms with E-state index in [1.54, 1.807) is 0 Å². The first kappa shape index (κ1) is 24.8. The van der Waals surface area contributed by atoms with Crippen molar-refractivity contribution in [2.75, 3.05) is 31.1 Å². The van der Waals surface area contributed by atoms with Crippen molar-refractivity contribution in [3.05, 3.63) is 41.3 Å². The lowest BCUT2D eigenvalue weighted by molar-refractivity contribution is 0.186. The number of aryl methyl sites for hydroxylation is 1. The Morgan fingerprint density at radius 1 is 1.11 bits per heavy atom. The van der Waals surface area contributed by atoms with Crippen LogP contribution in [0.1, 0.15) is 58.2 Å². The molecule has 0 spiro atoms. The van der Waals surface area contributed by atoms with Gasteiger partial charge in [-0.1, -0.05) is 50.8 Å². The Hall–Kier alpha value is -2.87. The van der Waals surface area contributed by atoms with E-state index < -0.39 is 0 Å². The number of carbonyl (C=O) groups excluding carboxylic acids is 1. The molecule has 2 fully saturated rings. The third-order valence-electron chi connectivity index (χ3n) is 7.25. The first-order valence-corrected chi connectivity index (χ1v) is 13.7. The Labute approximate surface area is 218 Å². The van der Waals surface area contributed by atoms with Crippen molar-refractivity contribution in [1.82, 2.24) is 30.0 Å². The smallest absolute Gasteiger partial charge is 0.317 e. The van der Waals surface area contributed by atoms with Gasteiger partial charge in [0, 0.05) is 43.7 Å². The van der Waals surface area contributed by atoms with E-state index in [1.807, 2.05) is 40.0 Å². The average Bonchev–Trinajstić information content (AvgIpc) is 3.32. The number of aromatic nitrogens is 4. The topological polar surface area (TPSA) is 79.2 Å². The highest BCUT2D eigenvalue weighted by Crippen LogP contribution is 2.28. The summed E-state index contributed by atoms with van der Waals surface area (Å²) in [5.74, 6) is 2.30. The molecule has 36 heavy (non-hydrogen) atoms. The van der Waals surface area contributed by atoms with Crippen LogP contribution >= 0.6 is 11.6 Å². The SMILES string of the molecule is CC(C)CCc1nc(N2CCN(C(=O)NC3CCCCC3)CC2)c2cnn(-c3cccc(Cl)c3)c2n1. The lowest BCUT2D eigenvalue weighted by Crippen LogP contribution is -2.54. The molecule has 1 aromatic carbocycles. The summed E-state index contributed by atoms with van der Waals surface area (Å²) in [6.07, 6.45) is 9.58. The summed E-state index contributed by atoms with van der Waals surface area (Å²) in [4.78, 5) is 27.0. The van der Waals surface area contributed by atoms with Gasteiger partial charge in [0.1, 0.15) is 11.6 Å². The number of amides is 2. The molecule has 9 heteroatoms. The highest BCUT2D eigenvalue weighted by Gasteiger charge is 2.26. The molecule has 1 aliphatic carbocycles. The largest absolute Gasteiger partial charge is 0.352 e. The molecule has 8 nitrogen and oxygen atoms in total. The Balaban J connectivity index is 1.37. The van der Waals surface area contributed by atoms with E-state index in [0.29, 0.717) is 30.1 Å². The van der Waals surface area contributed by atoms with E-state index in [9.17, 15) is 4.79 Å². The van der Waals surface area contributed by atoms with Gasteiger partial charge < -0.3 is 15.1 Å². The number of benzene rings is 1. The monoisotopic (exact) mass is 509 g/mol. The number of hydrogen-bond donors (Lipinski definition) is 1. The first-order chi connectivity index (χ1) is 17.5. The van der Waals surface area contributed by atoms with Crippen LogP contribution in [0.3, 0.4) is 0 Å². The summed E-state index contributed by atoms with van der Waals surface area (Å²) in [5, 5.41) is 9.50. The van der Waals surface area contributed by atoms with Crippen LogP contribution in [0.25, 0.3) is 16.7 Å². The molecule has 5 rings (SSSR count). The first-order valence-electron chi connectivity index (χ1n) is 13.3. The summed E-state index contributed by atoms with van der Waals surface area (Å²) in [5.41, 5.74) is 1.67. The van der Waals surface area contributed by atoms with Crippen molar-refractivity contribution < 1.29 is 4.79 Å². The summed E-state index contributed by atoms with van der Waals surface area (Å²) in [6, 6.07) is 8.05. The number of anilines is 1. The minimum atomic E-state index is 0.0702. The van der Waals surface area contributed by atoms with Crippen LogP contribution in [0.2, 0.25) is 5.02 Å². The zero-order valence-corrected chi connectivity index (χ0v) is 22.0. The van der Waals surface area contributed by atoms with Gasteiger partial charge in [0.15, 0.2) is 5.65 Å². The number of urea groups is 1. The fraction of sp³-hybridized carbons (Fsp3) is 0.556. The number of fused-ring (bicyclic) bond motifs is 1. The predicted octanol–water partition coefficient (Wildman–Crippen LogP) is 5.22. The zero-order valence-electron chi connectivity index (χ0n) is 21.3. The molecule has 2 aromatic heterocycles. The Morgan fingerprint density at radius 3 is 2.61 bits per heavy atom.